The molecule has 2 rings (SSSR count). The van der Waals surface area contributed by atoms with Crippen molar-refractivity contribution in [3.05, 3.63) is 0 Å². The molecule has 0 N–H and O–H groups in total. The maximum Gasteiger partial charge on any atom is 0.187 e. The minimum Gasteiger partial charge on any atom is -0.382 e. The van der Waals surface area contributed by atoms with E-state index >= 15 is 0 Å². The second-order valence-electron chi connectivity index (χ2n) is 7.44. The van der Waals surface area contributed by atoms with Gasteiger partial charge in [0.1, 0.15) is 48.8 Å². The van der Waals surface area contributed by atoms with Crippen LogP contribution in [0.1, 0.15) is 6.92 Å². The number of halogens is 2. The van der Waals surface area contributed by atoms with Crippen LogP contribution in [0.5, 0.6) is 0 Å². The molecular formula is C20H38I2O10. The molecule has 0 aromatic carbocycles. The fraction of sp³-hybridized carbons (Fsp3) is 1.00. The maximum atomic E-state index is 6.44. The van der Waals surface area contributed by atoms with Gasteiger partial charge in [-0.3, -0.25) is 0 Å². The lowest BCUT2D eigenvalue weighted by Gasteiger charge is -2.49. The van der Waals surface area contributed by atoms with Crippen LogP contribution in [0.2, 0.25) is 0 Å². The molecule has 2 aliphatic rings. The highest BCUT2D eigenvalue weighted by Gasteiger charge is 2.52. The molecule has 2 heterocycles. The zero-order valence-corrected chi connectivity index (χ0v) is 24.3. The minimum atomic E-state index is -0.775. The topological polar surface area (TPSA) is 92.3 Å². The highest BCUT2D eigenvalue weighted by molar-refractivity contribution is 15.0. The summed E-state index contributed by atoms with van der Waals surface area (Å²) in [5.74, 6) is 0. The number of hydrogen-bond acceptors (Lipinski definition) is 10. The number of ether oxygens (including phenoxy) is 10. The van der Waals surface area contributed by atoms with Crippen molar-refractivity contribution >= 4 is 37.2 Å². The SMILES string of the molecule is COCC1OC(C)C(OC)C(OC)C1OC1OC(COC)C(OC)C(OC)C1OC.II. The Morgan fingerprint density at radius 3 is 1.44 bits per heavy atom. The molecule has 12 heteroatoms. The zero-order chi connectivity index (χ0) is 24.3. The lowest BCUT2D eigenvalue weighted by molar-refractivity contribution is -0.350. The summed E-state index contributed by atoms with van der Waals surface area (Å²) in [5, 5.41) is 0. The van der Waals surface area contributed by atoms with E-state index in [1.165, 1.54) is 0 Å². The van der Waals surface area contributed by atoms with Crippen molar-refractivity contribution in [2.45, 2.75) is 68.1 Å². The van der Waals surface area contributed by atoms with E-state index in [-0.39, 0.29) is 24.4 Å². The molecule has 0 aromatic rings. The predicted octanol–water partition coefficient (Wildman–Crippen LogP) is 2.02. The molecule has 32 heavy (non-hydrogen) atoms. The molecule has 0 amide bonds. The van der Waals surface area contributed by atoms with Gasteiger partial charge in [-0.05, 0) is 6.92 Å². The fourth-order valence-corrected chi connectivity index (χ4v) is 4.40. The molecule has 0 spiro atoms. The molecule has 0 saturated carbocycles. The average molecular weight is 692 g/mol. The molecule has 10 nitrogen and oxygen atoms in total. The van der Waals surface area contributed by atoms with Gasteiger partial charge in [0.05, 0.1) is 19.3 Å². The van der Waals surface area contributed by atoms with Gasteiger partial charge in [0.2, 0.25) is 0 Å². The summed E-state index contributed by atoms with van der Waals surface area (Å²) in [5.41, 5.74) is 0. The summed E-state index contributed by atoms with van der Waals surface area (Å²) in [4.78, 5) is 0. The lowest BCUT2D eigenvalue weighted by atomic mass is 9.94. The molecular weight excluding hydrogens is 654 g/mol. The minimum absolute atomic E-state index is 0.198. The zero-order valence-electron chi connectivity index (χ0n) is 20.0. The Balaban J connectivity index is 0.00000249. The summed E-state index contributed by atoms with van der Waals surface area (Å²) < 4.78 is 57.9. The van der Waals surface area contributed by atoms with Crippen LogP contribution in [0, 0.1) is 0 Å². The number of methoxy groups -OCH3 is 7. The Kier molecular flexibility index (Phi) is 16.2. The second-order valence-corrected chi connectivity index (χ2v) is 7.44. The van der Waals surface area contributed by atoms with Gasteiger partial charge in [0, 0.05) is 87.0 Å². The summed E-state index contributed by atoms with van der Waals surface area (Å²) >= 11 is 4.24. The highest BCUT2D eigenvalue weighted by atomic mass is 128. The highest BCUT2D eigenvalue weighted by Crippen LogP contribution is 2.33. The van der Waals surface area contributed by atoms with E-state index in [9.17, 15) is 0 Å². The molecule has 0 bridgehead atoms. The number of hydrogen-bond donors (Lipinski definition) is 0. The van der Waals surface area contributed by atoms with Gasteiger partial charge in [-0.25, -0.2) is 0 Å². The molecule has 192 valence electrons. The van der Waals surface area contributed by atoms with E-state index in [1.54, 1.807) is 49.8 Å². The monoisotopic (exact) mass is 692 g/mol. The molecule has 0 radical (unpaired) electrons. The van der Waals surface area contributed by atoms with Crippen molar-refractivity contribution in [1.82, 2.24) is 0 Å². The summed E-state index contributed by atoms with van der Waals surface area (Å²) in [6.07, 6.45) is -4.38. The van der Waals surface area contributed by atoms with E-state index in [0.717, 1.165) is 0 Å². The molecule has 0 aliphatic carbocycles. The van der Waals surface area contributed by atoms with E-state index in [4.69, 9.17) is 47.4 Å². The third kappa shape index (κ3) is 7.53. The molecule has 10 atom stereocenters. The van der Waals surface area contributed by atoms with Crippen LogP contribution >= 0.6 is 37.2 Å². The van der Waals surface area contributed by atoms with Crippen LogP contribution in [0.15, 0.2) is 0 Å². The Bertz CT molecular complexity index is 491. The third-order valence-electron chi connectivity index (χ3n) is 5.77. The van der Waals surface area contributed by atoms with Crippen molar-refractivity contribution in [1.29, 1.82) is 0 Å². The quantitative estimate of drug-likeness (QED) is 0.300. The van der Waals surface area contributed by atoms with Gasteiger partial charge >= 0.3 is 0 Å². The Morgan fingerprint density at radius 2 is 1.00 bits per heavy atom. The first-order valence-corrected chi connectivity index (χ1v) is 16.5. The first-order chi connectivity index (χ1) is 15.5. The molecule has 2 fully saturated rings. The molecule has 2 saturated heterocycles. The van der Waals surface area contributed by atoms with Crippen molar-refractivity contribution < 1.29 is 47.4 Å². The van der Waals surface area contributed by atoms with Crippen LogP contribution < -0.4 is 0 Å². The van der Waals surface area contributed by atoms with Gasteiger partial charge in [0.25, 0.3) is 0 Å². The molecule has 2 aliphatic heterocycles. The Hall–Kier alpha value is 1.06. The Morgan fingerprint density at radius 1 is 0.562 bits per heavy atom. The summed E-state index contributed by atoms with van der Waals surface area (Å²) in [6, 6.07) is 0. The largest absolute Gasteiger partial charge is 0.382 e. The van der Waals surface area contributed by atoms with E-state index in [2.05, 4.69) is 37.2 Å². The first-order valence-electron chi connectivity index (χ1n) is 10.2. The van der Waals surface area contributed by atoms with Gasteiger partial charge in [-0.1, -0.05) is 0 Å². The first kappa shape index (κ1) is 31.1. The van der Waals surface area contributed by atoms with Crippen LogP contribution in [0.3, 0.4) is 0 Å². The molecule has 0 aromatic heterocycles. The van der Waals surface area contributed by atoms with Crippen molar-refractivity contribution in [3.63, 3.8) is 0 Å². The Labute approximate surface area is 214 Å². The summed E-state index contributed by atoms with van der Waals surface area (Å²) in [6.45, 7) is 2.57. The molecule has 10 unspecified atom stereocenters. The fourth-order valence-electron chi connectivity index (χ4n) is 4.40. The standard InChI is InChI=1S/C20H38O10.I2/c1-11-14(23-4)17(25-6)16(13(28-11)10-22-3)30-20-19(27-8)18(26-7)15(24-5)12(29-20)9-21-2;1-2/h11-20H,9-10H2,1-8H3;. The second kappa shape index (κ2) is 16.7. The van der Waals surface area contributed by atoms with Crippen molar-refractivity contribution in [2.75, 3.05) is 63.0 Å². The smallest absolute Gasteiger partial charge is 0.187 e. The summed E-state index contributed by atoms with van der Waals surface area (Å²) in [7, 11) is 11.2. The maximum absolute atomic E-state index is 6.44. The number of rotatable bonds is 11. The van der Waals surface area contributed by atoms with Gasteiger partial charge < -0.3 is 47.4 Å². The average Bonchev–Trinajstić information content (AvgIpc) is 2.81. The lowest BCUT2D eigenvalue weighted by Crippen LogP contribution is -2.65. The predicted molar refractivity (Wildman–Crippen MR) is 134 cm³/mol. The normalized spacial score (nSPS) is 39.9. The van der Waals surface area contributed by atoms with Crippen LogP contribution in [0.4, 0.5) is 0 Å². The van der Waals surface area contributed by atoms with E-state index in [1.807, 2.05) is 6.92 Å². The van der Waals surface area contributed by atoms with E-state index in [0.29, 0.717) is 13.2 Å². The van der Waals surface area contributed by atoms with Gasteiger partial charge in [0.15, 0.2) is 6.29 Å². The van der Waals surface area contributed by atoms with Crippen molar-refractivity contribution in [3.8, 4) is 0 Å². The van der Waals surface area contributed by atoms with Crippen LogP contribution in [0.25, 0.3) is 0 Å². The third-order valence-corrected chi connectivity index (χ3v) is 5.77. The van der Waals surface area contributed by atoms with E-state index < -0.39 is 36.8 Å². The van der Waals surface area contributed by atoms with Gasteiger partial charge in [-0.15, -0.1) is 0 Å². The van der Waals surface area contributed by atoms with Crippen LogP contribution in [-0.2, 0) is 47.4 Å². The van der Waals surface area contributed by atoms with Gasteiger partial charge in [-0.2, -0.15) is 0 Å². The van der Waals surface area contributed by atoms with Crippen molar-refractivity contribution in [2.24, 2.45) is 0 Å². The van der Waals surface area contributed by atoms with Crippen LogP contribution in [-0.4, -0.2) is 124 Å².